The maximum absolute atomic E-state index is 5.25. The standard InChI is InChI=1S/C12H16Br2N2O2S/c1-7(6-17-2)15-12(19)16-10-5-11(18-3)9(14)4-8(10)13/h4-5,7H,6H2,1-3H3,(H2,15,16,19). The van der Waals surface area contributed by atoms with E-state index in [0.717, 1.165) is 20.4 Å². The third-order valence-corrected chi connectivity index (χ3v) is 3.78. The van der Waals surface area contributed by atoms with E-state index in [1.165, 1.54) is 0 Å². The van der Waals surface area contributed by atoms with Gasteiger partial charge in [0.05, 0.1) is 23.9 Å². The van der Waals surface area contributed by atoms with Crippen molar-refractivity contribution in [3.63, 3.8) is 0 Å². The van der Waals surface area contributed by atoms with Gasteiger partial charge in [-0.2, -0.15) is 0 Å². The molecule has 7 heteroatoms. The Balaban J connectivity index is 2.73. The van der Waals surface area contributed by atoms with E-state index in [2.05, 4.69) is 42.5 Å². The summed E-state index contributed by atoms with van der Waals surface area (Å²) in [6.45, 7) is 2.58. The Morgan fingerprint density at radius 2 is 2.00 bits per heavy atom. The molecule has 1 aromatic carbocycles. The Morgan fingerprint density at radius 3 is 2.58 bits per heavy atom. The molecule has 0 saturated heterocycles. The van der Waals surface area contributed by atoms with Crippen LogP contribution in [-0.4, -0.2) is 32.0 Å². The van der Waals surface area contributed by atoms with Crippen LogP contribution in [0.1, 0.15) is 6.92 Å². The first-order valence-electron chi connectivity index (χ1n) is 5.57. The second-order valence-electron chi connectivity index (χ2n) is 3.92. The number of halogens is 2. The maximum Gasteiger partial charge on any atom is 0.171 e. The first-order chi connectivity index (χ1) is 8.97. The predicted octanol–water partition coefficient (Wildman–Crippen LogP) is 3.54. The Morgan fingerprint density at radius 1 is 1.32 bits per heavy atom. The van der Waals surface area contributed by atoms with Gasteiger partial charge in [0.2, 0.25) is 0 Å². The highest BCUT2D eigenvalue weighted by molar-refractivity contribution is 9.11. The molecule has 19 heavy (non-hydrogen) atoms. The van der Waals surface area contributed by atoms with Crippen molar-refractivity contribution in [1.29, 1.82) is 0 Å². The van der Waals surface area contributed by atoms with E-state index in [-0.39, 0.29) is 6.04 Å². The SMILES string of the molecule is COCC(C)NC(=S)Nc1cc(OC)c(Br)cc1Br. The Labute approximate surface area is 135 Å². The Kier molecular flexibility index (Phi) is 7.06. The van der Waals surface area contributed by atoms with Gasteiger partial charge in [0, 0.05) is 23.7 Å². The van der Waals surface area contributed by atoms with Crippen LogP contribution in [0, 0.1) is 0 Å². The summed E-state index contributed by atoms with van der Waals surface area (Å²) >= 11 is 12.1. The number of methoxy groups -OCH3 is 2. The van der Waals surface area contributed by atoms with E-state index in [4.69, 9.17) is 21.7 Å². The number of benzene rings is 1. The van der Waals surface area contributed by atoms with E-state index in [1.807, 2.05) is 19.1 Å². The number of ether oxygens (including phenoxy) is 2. The predicted molar refractivity (Wildman–Crippen MR) is 89.1 cm³/mol. The van der Waals surface area contributed by atoms with Crippen LogP contribution < -0.4 is 15.4 Å². The fraction of sp³-hybridized carbons (Fsp3) is 0.417. The second kappa shape index (κ2) is 8.04. The van der Waals surface area contributed by atoms with Crippen LogP contribution in [0.2, 0.25) is 0 Å². The van der Waals surface area contributed by atoms with Crippen molar-refractivity contribution < 1.29 is 9.47 Å². The monoisotopic (exact) mass is 410 g/mol. The van der Waals surface area contributed by atoms with Crippen LogP contribution in [-0.2, 0) is 4.74 Å². The van der Waals surface area contributed by atoms with Crippen molar-refractivity contribution in [2.75, 3.05) is 26.1 Å². The van der Waals surface area contributed by atoms with Crippen LogP contribution in [0.3, 0.4) is 0 Å². The summed E-state index contributed by atoms with van der Waals surface area (Å²) < 4.78 is 12.1. The van der Waals surface area contributed by atoms with Crippen LogP contribution in [0.15, 0.2) is 21.1 Å². The number of hydrogen-bond acceptors (Lipinski definition) is 3. The molecule has 1 aromatic rings. The van der Waals surface area contributed by atoms with E-state index in [1.54, 1.807) is 14.2 Å². The topological polar surface area (TPSA) is 42.5 Å². The Bertz CT molecular complexity index is 458. The van der Waals surface area contributed by atoms with Gasteiger partial charge in [-0.15, -0.1) is 0 Å². The van der Waals surface area contributed by atoms with E-state index in [0.29, 0.717) is 11.7 Å². The normalized spacial score (nSPS) is 11.8. The molecule has 2 N–H and O–H groups in total. The number of rotatable bonds is 5. The highest BCUT2D eigenvalue weighted by Crippen LogP contribution is 2.34. The summed E-state index contributed by atoms with van der Waals surface area (Å²) in [5.41, 5.74) is 0.835. The molecule has 0 amide bonds. The third kappa shape index (κ3) is 5.25. The van der Waals surface area contributed by atoms with Crippen LogP contribution in [0.5, 0.6) is 5.75 Å². The molecule has 0 radical (unpaired) electrons. The minimum absolute atomic E-state index is 0.140. The number of anilines is 1. The molecule has 1 unspecified atom stereocenters. The highest BCUT2D eigenvalue weighted by Gasteiger charge is 2.09. The summed E-state index contributed by atoms with van der Waals surface area (Å²) in [5.74, 6) is 0.735. The molecular formula is C12H16Br2N2O2S. The Hall–Kier alpha value is -0.370. The van der Waals surface area contributed by atoms with Gasteiger partial charge in [0.15, 0.2) is 5.11 Å². The van der Waals surface area contributed by atoms with Crippen molar-refractivity contribution in [2.45, 2.75) is 13.0 Å². The quantitative estimate of drug-likeness (QED) is 0.725. The lowest BCUT2D eigenvalue weighted by Crippen LogP contribution is -2.38. The maximum atomic E-state index is 5.25. The van der Waals surface area contributed by atoms with Gasteiger partial charge in [-0.25, -0.2) is 0 Å². The number of nitrogens with one attached hydrogen (secondary N) is 2. The molecule has 106 valence electrons. The summed E-state index contributed by atoms with van der Waals surface area (Å²) in [4.78, 5) is 0. The van der Waals surface area contributed by atoms with E-state index < -0.39 is 0 Å². The molecule has 4 nitrogen and oxygen atoms in total. The second-order valence-corrected chi connectivity index (χ2v) is 6.04. The van der Waals surface area contributed by atoms with Crippen molar-refractivity contribution in [1.82, 2.24) is 5.32 Å². The van der Waals surface area contributed by atoms with Crippen LogP contribution >= 0.6 is 44.1 Å². The van der Waals surface area contributed by atoms with Gasteiger partial charge >= 0.3 is 0 Å². The van der Waals surface area contributed by atoms with Crippen LogP contribution in [0.4, 0.5) is 5.69 Å². The zero-order chi connectivity index (χ0) is 14.4. The van der Waals surface area contributed by atoms with Gasteiger partial charge in [-0.3, -0.25) is 0 Å². The van der Waals surface area contributed by atoms with Crippen molar-refractivity contribution in [3.8, 4) is 5.75 Å². The average molecular weight is 412 g/mol. The van der Waals surface area contributed by atoms with E-state index in [9.17, 15) is 0 Å². The molecule has 0 aliphatic rings. The summed E-state index contributed by atoms with van der Waals surface area (Å²) in [6, 6.07) is 3.91. The van der Waals surface area contributed by atoms with Crippen molar-refractivity contribution in [3.05, 3.63) is 21.1 Å². The summed E-state index contributed by atoms with van der Waals surface area (Å²) in [6.07, 6.45) is 0. The summed E-state index contributed by atoms with van der Waals surface area (Å²) in [7, 11) is 3.28. The average Bonchev–Trinajstić information content (AvgIpc) is 2.32. The largest absolute Gasteiger partial charge is 0.495 e. The molecule has 1 atom stereocenters. The fourth-order valence-electron chi connectivity index (χ4n) is 1.46. The molecule has 0 aliphatic heterocycles. The first kappa shape index (κ1) is 16.7. The van der Waals surface area contributed by atoms with Crippen molar-refractivity contribution in [2.24, 2.45) is 0 Å². The van der Waals surface area contributed by atoms with Gasteiger partial charge in [-0.05, 0) is 57.1 Å². The molecule has 0 aliphatic carbocycles. The van der Waals surface area contributed by atoms with E-state index >= 15 is 0 Å². The van der Waals surface area contributed by atoms with Gasteiger partial charge < -0.3 is 20.1 Å². The van der Waals surface area contributed by atoms with Gasteiger partial charge in [-0.1, -0.05) is 0 Å². The van der Waals surface area contributed by atoms with Gasteiger partial charge in [0.1, 0.15) is 5.75 Å². The molecule has 0 saturated carbocycles. The summed E-state index contributed by atoms with van der Waals surface area (Å²) in [5, 5.41) is 6.79. The molecule has 1 rings (SSSR count). The third-order valence-electron chi connectivity index (χ3n) is 2.28. The van der Waals surface area contributed by atoms with Crippen LogP contribution in [0.25, 0.3) is 0 Å². The lowest BCUT2D eigenvalue weighted by molar-refractivity contribution is 0.179. The van der Waals surface area contributed by atoms with Gasteiger partial charge in [0.25, 0.3) is 0 Å². The lowest BCUT2D eigenvalue weighted by atomic mass is 10.3. The molecule has 0 heterocycles. The molecule has 0 aromatic heterocycles. The zero-order valence-electron chi connectivity index (χ0n) is 10.9. The number of hydrogen-bond donors (Lipinski definition) is 2. The molecular weight excluding hydrogens is 396 g/mol. The van der Waals surface area contributed by atoms with Crippen molar-refractivity contribution >= 4 is 54.9 Å². The minimum Gasteiger partial charge on any atom is -0.495 e. The number of thiocarbonyl (C=S) groups is 1. The first-order valence-corrected chi connectivity index (χ1v) is 7.56. The smallest absolute Gasteiger partial charge is 0.171 e. The molecule has 0 spiro atoms. The lowest BCUT2D eigenvalue weighted by Gasteiger charge is -2.17. The highest BCUT2D eigenvalue weighted by atomic mass is 79.9. The molecule has 0 fully saturated rings. The zero-order valence-corrected chi connectivity index (χ0v) is 14.9. The minimum atomic E-state index is 0.140. The molecule has 0 bridgehead atoms. The fourth-order valence-corrected chi connectivity index (χ4v) is 3.02.